The molecule has 2 unspecified atom stereocenters. The van der Waals surface area contributed by atoms with E-state index in [1.165, 1.54) is 12.1 Å². The quantitative estimate of drug-likeness (QED) is 0.292. The Hall–Kier alpha value is -3.78. The summed E-state index contributed by atoms with van der Waals surface area (Å²) in [7, 11) is 0. The Morgan fingerprint density at radius 3 is 2.90 bits per heavy atom. The van der Waals surface area contributed by atoms with Crippen molar-refractivity contribution in [2.75, 3.05) is 13.2 Å². The highest BCUT2D eigenvalue weighted by molar-refractivity contribution is 5.95. The van der Waals surface area contributed by atoms with Gasteiger partial charge in [-0.1, -0.05) is 36.4 Å². The SMILES string of the molecule is C=NCNC=CC1C=C(C(N)c2nc3c(-c4ccc(F)cc4)cccc3[nH]2)C(N)=[NH+]C1. The highest BCUT2D eigenvalue weighted by Crippen LogP contribution is 2.29. The maximum atomic E-state index is 13.3. The highest BCUT2D eigenvalue weighted by atomic mass is 19.1. The number of benzene rings is 2. The van der Waals surface area contributed by atoms with Crippen LogP contribution in [0.15, 0.2) is 71.4 Å². The van der Waals surface area contributed by atoms with Crippen molar-refractivity contribution >= 4 is 23.6 Å². The molecule has 0 amide bonds. The number of nitrogens with zero attached hydrogens (tertiary/aromatic N) is 2. The topological polar surface area (TPSA) is 119 Å². The molecule has 2 atom stereocenters. The second kappa shape index (κ2) is 8.93. The Morgan fingerprint density at radius 2 is 2.13 bits per heavy atom. The first-order valence-electron chi connectivity index (χ1n) is 9.98. The standard InChI is InChI=1S/C23H24FN7/c1-27-13-28-10-9-14-11-18(22(26)29-12-14)20(25)23-30-19-4-2-3-17(21(19)31-23)15-5-7-16(24)8-6-15/h2-11,14,20,28H,1,12-13,25H2,(H2,26,29)(H,30,31)/p+1. The Labute approximate surface area is 179 Å². The van der Waals surface area contributed by atoms with Crippen molar-refractivity contribution in [3.63, 3.8) is 0 Å². The molecule has 0 spiro atoms. The van der Waals surface area contributed by atoms with Gasteiger partial charge in [0.15, 0.2) is 0 Å². The van der Waals surface area contributed by atoms with E-state index < -0.39 is 6.04 Å². The molecule has 0 saturated heterocycles. The fourth-order valence-corrected chi connectivity index (χ4v) is 3.62. The molecule has 0 radical (unpaired) electrons. The van der Waals surface area contributed by atoms with Crippen LogP contribution in [0.3, 0.4) is 0 Å². The molecular weight excluding hydrogens is 393 g/mol. The number of halogens is 1. The molecule has 4 rings (SSSR count). The summed E-state index contributed by atoms with van der Waals surface area (Å²) < 4.78 is 13.3. The number of aliphatic imine (C=N–C) groups is 1. The van der Waals surface area contributed by atoms with Gasteiger partial charge in [0.1, 0.15) is 18.3 Å². The highest BCUT2D eigenvalue weighted by Gasteiger charge is 2.26. The molecule has 0 bridgehead atoms. The van der Waals surface area contributed by atoms with Crippen LogP contribution < -0.4 is 21.8 Å². The number of nitrogens with two attached hydrogens (primary N) is 2. The number of imidazole rings is 1. The van der Waals surface area contributed by atoms with Gasteiger partial charge >= 0.3 is 0 Å². The number of fused-ring (bicyclic) bond motifs is 1. The molecule has 0 fully saturated rings. The second-order valence-electron chi connectivity index (χ2n) is 7.33. The second-order valence-corrected chi connectivity index (χ2v) is 7.33. The van der Waals surface area contributed by atoms with E-state index in [0.717, 1.165) is 27.7 Å². The zero-order valence-electron chi connectivity index (χ0n) is 17.0. The van der Waals surface area contributed by atoms with E-state index in [1.807, 2.05) is 36.6 Å². The third-order valence-corrected chi connectivity index (χ3v) is 5.21. The smallest absolute Gasteiger partial charge is 0.270 e. The minimum absolute atomic E-state index is 0.116. The summed E-state index contributed by atoms with van der Waals surface area (Å²) in [4.78, 5) is 15.0. The maximum absolute atomic E-state index is 13.3. The van der Waals surface area contributed by atoms with Crippen LogP contribution in [-0.4, -0.2) is 35.7 Å². The summed E-state index contributed by atoms with van der Waals surface area (Å²) in [6.45, 7) is 4.57. The number of hydrogen-bond acceptors (Lipinski definition) is 5. The Bertz CT molecular complexity index is 1170. The average molecular weight is 419 g/mol. The van der Waals surface area contributed by atoms with E-state index in [0.29, 0.717) is 24.9 Å². The van der Waals surface area contributed by atoms with E-state index in [9.17, 15) is 4.39 Å². The summed E-state index contributed by atoms with van der Waals surface area (Å²) in [6.07, 6.45) is 5.91. The minimum atomic E-state index is -0.528. The molecule has 158 valence electrons. The number of rotatable bonds is 7. The predicted octanol–water partition coefficient (Wildman–Crippen LogP) is 1.12. The monoisotopic (exact) mass is 418 g/mol. The minimum Gasteiger partial charge on any atom is -0.373 e. The molecule has 7 N–H and O–H groups in total. The maximum Gasteiger partial charge on any atom is 0.270 e. The van der Waals surface area contributed by atoms with E-state index in [1.54, 1.807) is 12.1 Å². The van der Waals surface area contributed by atoms with E-state index >= 15 is 0 Å². The first-order chi connectivity index (χ1) is 15.1. The van der Waals surface area contributed by atoms with Gasteiger partial charge in [-0.25, -0.2) is 9.37 Å². The normalized spacial score (nSPS) is 17.4. The van der Waals surface area contributed by atoms with Crippen LogP contribution in [0.4, 0.5) is 4.39 Å². The van der Waals surface area contributed by atoms with Crippen molar-refractivity contribution in [2.24, 2.45) is 22.4 Å². The lowest BCUT2D eigenvalue weighted by Crippen LogP contribution is -2.79. The van der Waals surface area contributed by atoms with Crippen LogP contribution in [0.1, 0.15) is 11.9 Å². The van der Waals surface area contributed by atoms with Crippen LogP contribution >= 0.6 is 0 Å². The van der Waals surface area contributed by atoms with Crippen molar-refractivity contribution in [3.05, 3.63) is 78.0 Å². The Morgan fingerprint density at radius 1 is 1.32 bits per heavy atom. The molecule has 1 aromatic heterocycles. The number of aromatic amines is 1. The lowest BCUT2D eigenvalue weighted by molar-refractivity contribution is -0.464. The predicted molar refractivity (Wildman–Crippen MR) is 122 cm³/mol. The molecule has 31 heavy (non-hydrogen) atoms. The van der Waals surface area contributed by atoms with Crippen molar-refractivity contribution in [2.45, 2.75) is 6.04 Å². The summed E-state index contributed by atoms with van der Waals surface area (Å²) in [6, 6.07) is 11.7. The number of nitrogens with one attached hydrogen (secondary N) is 3. The van der Waals surface area contributed by atoms with Crippen LogP contribution in [0, 0.1) is 11.7 Å². The molecule has 1 aliphatic heterocycles. The lowest BCUT2D eigenvalue weighted by atomic mass is 9.96. The summed E-state index contributed by atoms with van der Waals surface area (Å²) in [5.41, 5.74) is 17.0. The first-order valence-corrected chi connectivity index (χ1v) is 9.98. The molecule has 7 nitrogen and oxygen atoms in total. The number of aromatic nitrogens is 2. The van der Waals surface area contributed by atoms with E-state index in [-0.39, 0.29) is 11.7 Å². The molecule has 8 heteroatoms. The van der Waals surface area contributed by atoms with Gasteiger partial charge in [-0.2, -0.15) is 0 Å². The van der Waals surface area contributed by atoms with Crippen molar-refractivity contribution in [1.82, 2.24) is 15.3 Å². The van der Waals surface area contributed by atoms with Crippen LogP contribution in [-0.2, 0) is 0 Å². The summed E-state index contributed by atoms with van der Waals surface area (Å²) in [5, 5.41) is 3.03. The van der Waals surface area contributed by atoms with Crippen LogP contribution in [0.25, 0.3) is 22.2 Å². The summed E-state index contributed by atoms with van der Waals surface area (Å²) >= 11 is 0. The fraction of sp³-hybridized carbons (Fsp3) is 0.174. The van der Waals surface area contributed by atoms with Crippen LogP contribution in [0.5, 0.6) is 0 Å². The number of hydrogen-bond donors (Lipinski definition) is 5. The van der Waals surface area contributed by atoms with Gasteiger partial charge in [0, 0.05) is 11.5 Å². The number of H-pyrrole nitrogens is 1. The van der Waals surface area contributed by atoms with Crippen LogP contribution in [0.2, 0.25) is 0 Å². The molecular formula is C23H25FN7+. The third-order valence-electron chi connectivity index (χ3n) is 5.21. The molecule has 3 aromatic rings. The fourth-order valence-electron chi connectivity index (χ4n) is 3.62. The van der Waals surface area contributed by atoms with Gasteiger partial charge < -0.3 is 16.0 Å². The van der Waals surface area contributed by atoms with E-state index in [4.69, 9.17) is 16.5 Å². The van der Waals surface area contributed by atoms with Gasteiger partial charge in [0.05, 0.1) is 29.2 Å². The zero-order chi connectivity index (χ0) is 21.8. The molecule has 0 saturated carbocycles. The van der Waals surface area contributed by atoms with Crippen molar-refractivity contribution in [3.8, 4) is 11.1 Å². The Balaban J connectivity index is 1.65. The number of para-hydroxylation sites is 1. The van der Waals surface area contributed by atoms with Gasteiger partial charge in [0.25, 0.3) is 5.84 Å². The van der Waals surface area contributed by atoms with Gasteiger partial charge in [0.2, 0.25) is 0 Å². The molecule has 2 heterocycles. The average Bonchev–Trinajstić information content (AvgIpc) is 3.22. The lowest BCUT2D eigenvalue weighted by Gasteiger charge is -2.17. The zero-order valence-corrected chi connectivity index (χ0v) is 17.0. The number of amidine groups is 1. The summed E-state index contributed by atoms with van der Waals surface area (Å²) in [5.74, 6) is 0.990. The first kappa shape index (κ1) is 20.5. The van der Waals surface area contributed by atoms with Crippen molar-refractivity contribution in [1.29, 1.82) is 0 Å². The van der Waals surface area contributed by atoms with Gasteiger partial charge in [-0.3, -0.25) is 15.7 Å². The molecule has 0 aliphatic carbocycles. The molecule has 1 aliphatic rings. The molecule has 2 aromatic carbocycles. The van der Waals surface area contributed by atoms with E-state index in [2.05, 4.69) is 27.0 Å². The van der Waals surface area contributed by atoms with Crippen molar-refractivity contribution < 1.29 is 9.38 Å². The van der Waals surface area contributed by atoms with Gasteiger partial charge in [-0.15, -0.1) is 0 Å². The van der Waals surface area contributed by atoms with Gasteiger partial charge in [-0.05, 0) is 36.7 Å². The Kier molecular flexibility index (Phi) is 5.90. The largest absolute Gasteiger partial charge is 0.373 e. The third kappa shape index (κ3) is 4.39.